The van der Waals surface area contributed by atoms with Crippen LogP contribution in [0.3, 0.4) is 0 Å². The van der Waals surface area contributed by atoms with Gasteiger partial charge in [0.05, 0.1) is 6.04 Å². The molecule has 0 fully saturated rings. The van der Waals surface area contributed by atoms with Gasteiger partial charge in [-0.2, -0.15) is 13.2 Å². The van der Waals surface area contributed by atoms with Gasteiger partial charge in [0.2, 0.25) is 0 Å². The Morgan fingerprint density at radius 1 is 0.857 bits per heavy atom. The van der Waals surface area contributed by atoms with Crippen molar-refractivity contribution in [3.05, 3.63) is 126 Å². The molecule has 0 saturated carbocycles. The number of aromatic nitrogens is 1. The summed E-state index contributed by atoms with van der Waals surface area (Å²) in [5, 5.41) is 16.2. The first-order valence-corrected chi connectivity index (χ1v) is 15.0. The Bertz CT molecular complexity index is 1870. The summed E-state index contributed by atoms with van der Waals surface area (Å²) in [5.74, 6) is -2.33. The van der Waals surface area contributed by atoms with Crippen LogP contribution in [0.15, 0.2) is 114 Å². The maximum Gasteiger partial charge on any atom is 0.490 e. The summed E-state index contributed by atoms with van der Waals surface area (Å²) in [6.07, 6.45) is -1.70. The number of carboxylic acids is 1. The zero-order valence-corrected chi connectivity index (χ0v) is 26.9. The van der Waals surface area contributed by atoms with Crippen molar-refractivity contribution in [2.24, 2.45) is 0 Å². The molecule has 0 saturated heterocycles. The number of likely N-dealkylation sites (N-methyl/N-ethyl adjacent to an activating group) is 1. The monoisotopic (exact) mass is 693 g/mol. The molecule has 2 aromatic heterocycles. The van der Waals surface area contributed by atoms with Crippen molar-refractivity contribution < 1.29 is 37.1 Å². The predicted molar refractivity (Wildman–Crippen MR) is 180 cm³/mol. The number of carbonyl (C=O) groups is 3. The molecule has 0 radical (unpaired) electrons. The number of hydrogen-bond donors (Lipinski definition) is 4. The Morgan fingerprint density at radius 2 is 1.49 bits per heavy atom. The lowest BCUT2D eigenvalue weighted by atomic mass is 10.0. The standard InChI is InChI=1S/C33H30ClN5O3.C2HF3O2/c1-39(2)29(23-7-4-3-5-8-23)21-36-32(40)30-20-28(22-15-17-35-18-16-22)31(42-30)24-11-13-26(14-12-24)37-33(41)38-27-10-6-9-25(34)19-27;3-2(4,5)1(6)7/h3-20,29H,21H2,1-2H3,(H,36,40)(H2,37,38,41);(H,6,7). The fraction of sp³-hybridized carbons (Fsp3) is 0.143. The van der Waals surface area contributed by atoms with Crippen LogP contribution in [0.1, 0.15) is 22.2 Å². The molecule has 254 valence electrons. The first-order chi connectivity index (χ1) is 23.3. The minimum atomic E-state index is -5.08. The van der Waals surface area contributed by atoms with Crippen LogP contribution in [-0.4, -0.2) is 59.7 Å². The minimum Gasteiger partial charge on any atom is -0.475 e. The molecule has 10 nitrogen and oxygen atoms in total. The molecule has 1 unspecified atom stereocenters. The summed E-state index contributed by atoms with van der Waals surface area (Å²) in [4.78, 5) is 40.8. The van der Waals surface area contributed by atoms with Crippen LogP contribution < -0.4 is 16.0 Å². The van der Waals surface area contributed by atoms with Gasteiger partial charge < -0.3 is 30.4 Å². The van der Waals surface area contributed by atoms with Gasteiger partial charge in [0.25, 0.3) is 5.91 Å². The van der Waals surface area contributed by atoms with Gasteiger partial charge >= 0.3 is 18.2 Å². The van der Waals surface area contributed by atoms with E-state index in [9.17, 15) is 22.8 Å². The fourth-order valence-electron chi connectivity index (χ4n) is 4.58. The van der Waals surface area contributed by atoms with E-state index in [1.807, 2.05) is 68.7 Å². The van der Waals surface area contributed by atoms with Gasteiger partial charge in [-0.15, -0.1) is 0 Å². The third kappa shape index (κ3) is 10.4. The number of carbonyl (C=O) groups excluding carboxylic acids is 2. The molecule has 0 spiro atoms. The second kappa shape index (κ2) is 16.4. The van der Waals surface area contributed by atoms with Gasteiger partial charge in [0.1, 0.15) is 5.76 Å². The lowest BCUT2D eigenvalue weighted by molar-refractivity contribution is -0.192. The van der Waals surface area contributed by atoms with Crippen molar-refractivity contribution in [1.82, 2.24) is 15.2 Å². The lowest BCUT2D eigenvalue weighted by Gasteiger charge is -2.24. The number of anilines is 2. The highest BCUT2D eigenvalue weighted by Crippen LogP contribution is 2.35. The van der Waals surface area contributed by atoms with Crippen molar-refractivity contribution >= 4 is 40.9 Å². The Morgan fingerprint density at radius 3 is 2.08 bits per heavy atom. The number of halogens is 4. The Kier molecular flexibility index (Phi) is 12.1. The van der Waals surface area contributed by atoms with E-state index in [0.29, 0.717) is 28.7 Å². The van der Waals surface area contributed by atoms with Crippen LogP contribution in [0.5, 0.6) is 0 Å². The second-order valence-corrected chi connectivity index (χ2v) is 11.1. The van der Waals surface area contributed by atoms with Crippen molar-refractivity contribution in [2.45, 2.75) is 12.2 Å². The summed E-state index contributed by atoms with van der Waals surface area (Å²) in [7, 11) is 3.96. The lowest BCUT2D eigenvalue weighted by Crippen LogP contribution is -2.34. The smallest absolute Gasteiger partial charge is 0.475 e. The van der Waals surface area contributed by atoms with Crippen LogP contribution in [-0.2, 0) is 4.79 Å². The third-order valence-corrected chi connectivity index (χ3v) is 7.18. The Hall–Kier alpha value is -5.66. The summed E-state index contributed by atoms with van der Waals surface area (Å²) in [6.45, 7) is 0.411. The highest BCUT2D eigenvalue weighted by atomic mass is 35.5. The molecule has 0 aliphatic heterocycles. The number of hydrogen-bond acceptors (Lipinski definition) is 6. The molecule has 0 aliphatic carbocycles. The SMILES string of the molecule is CN(C)C(CNC(=O)c1cc(-c2ccncc2)c(-c2ccc(NC(=O)Nc3cccc(Cl)c3)cc2)o1)c1ccccc1.O=C(O)C(F)(F)F. The predicted octanol–water partition coefficient (Wildman–Crippen LogP) is 7.97. The molecule has 3 amide bonds. The highest BCUT2D eigenvalue weighted by Gasteiger charge is 2.38. The average molecular weight is 694 g/mol. The number of furan rings is 1. The largest absolute Gasteiger partial charge is 0.490 e. The van der Waals surface area contributed by atoms with E-state index in [4.69, 9.17) is 25.9 Å². The number of nitrogens with zero attached hydrogens (tertiary/aromatic N) is 2. The normalized spacial score (nSPS) is 11.6. The van der Waals surface area contributed by atoms with Crippen LogP contribution in [0, 0.1) is 0 Å². The van der Waals surface area contributed by atoms with Crippen molar-refractivity contribution in [1.29, 1.82) is 0 Å². The summed E-state index contributed by atoms with van der Waals surface area (Å²) < 4.78 is 37.9. The molecule has 5 rings (SSSR count). The zero-order valence-electron chi connectivity index (χ0n) is 26.2. The number of carboxylic acid groups (broad SMARTS) is 1. The number of pyridine rings is 1. The molecule has 2 heterocycles. The highest BCUT2D eigenvalue weighted by molar-refractivity contribution is 6.30. The van der Waals surface area contributed by atoms with Crippen LogP contribution in [0.4, 0.5) is 29.3 Å². The summed E-state index contributed by atoms with van der Waals surface area (Å²) in [5.41, 5.74) is 4.65. The summed E-state index contributed by atoms with van der Waals surface area (Å²) >= 11 is 6.00. The van der Waals surface area contributed by atoms with Crippen molar-refractivity contribution in [3.8, 4) is 22.5 Å². The van der Waals surface area contributed by atoms with E-state index in [0.717, 1.165) is 22.3 Å². The topological polar surface area (TPSA) is 137 Å². The molecule has 49 heavy (non-hydrogen) atoms. The number of benzene rings is 3. The fourth-order valence-corrected chi connectivity index (χ4v) is 4.77. The van der Waals surface area contributed by atoms with Crippen LogP contribution in [0.2, 0.25) is 5.02 Å². The van der Waals surface area contributed by atoms with E-state index < -0.39 is 18.2 Å². The second-order valence-electron chi connectivity index (χ2n) is 10.7. The molecule has 0 bridgehead atoms. The quantitative estimate of drug-likeness (QED) is 0.123. The van der Waals surface area contributed by atoms with Crippen LogP contribution in [0.25, 0.3) is 22.5 Å². The van der Waals surface area contributed by atoms with Crippen LogP contribution >= 0.6 is 11.6 Å². The van der Waals surface area contributed by atoms with E-state index in [1.165, 1.54) is 0 Å². The van der Waals surface area contributed by atoms with E-state index >= 15 is 0 Å². The number of alkyl halides is 3. The van der Waals surface area contributed by atoms with Gasteiger partial charge in [-0.3, -0.25) is 9.78 Å². The molecule has 0 aliphatic rings. The number of nitrogens with one attached hydrogen (secondary N) is 3. The van der Waals surface area contributed by atoms with E-state index in [-0.39, 0.29) is 17.7 Å². The van der Waals surface area contributed by atoms with Crippen molar-refractivity contribution in [3.63, 3.8) is 0 Å². The molecular weight excluding hydrogens is 663 g/mol. The minimum absolute atomic E-state index is 0.000345. The number of rotatable bonds is 9. The number of amides is 3. The summed E-state index contributed by atoms with van der Waals surface area (Å²) in [6, 6.07) is 29.2. The maximum absolute atomic E-state index is 13.3. The first kappa shape index (κ1) is 36.2. The van der Waals surface area contributed by atoms with Gasteiger partial charge in [0.15, 0.2) is 5.76 Å². The average Bonchev–Trinajstić information content (AvgIpc) is 3.52. The van der Waals surface area contributed by atoms with Gasteiger partial charge in [0, 0.05) is 46.5 Å². The Balaban J connectivity index is 0.000000698. The molecule has 4 N–H and O–H groups in total. The van der Waals surface area contributed by atoms with E-state index in [2.05, 4.69) is 25.8 Å². The van der Waals surface area contributed by atoms with Gasteiger partial charge in [-0.05, 0) is 85.9 Å². The zero-order chi connectivity index (χ0) is 35.6. The first-order valence-electron chi connectivity index (χ1n) is 14.6. The van der Waals surface area contributed by atoms with Gasteiger partial charge in [-0.1, -0.05) is 48.0 Å². The number of aliphatic carboxylic acids is 1. The van der Waals surface area contributed by atoms with Gasteiger partial charge in [-0.25, -0.2) is 9.59 Å². The third-order valence-electron chi connectivity index (χ3n) is 6.94. The van der Waals surface area contributed by atoms with Crippen molar-refractivity contribution in [2.75, 3.05) is 31.3 Å². The van der Waals surface area contributed by atoms with E-state index in [1.54, 1.807) is 54.9 Å². The molecule has 3 aromatic carbocycles. The molecule has 14 heteroatoms. The molecule has 5 aromatic rings. The maximum atomic E-state index is 13.3. The Labute approximate surface area is 284 Å². The molecular formula is C35H31ClF3N5O5. The molecule has 1 atom stereocenters. The number of urea groups is 1.